The highest BCUT2D eigenvalue weighted by Crippen LogP contribution is 2.56. The van der Waals surface area contributed by atoms with E-state index in [-0.39, 0.29) is 17.5 Å². The van der Waals surface area contributed by atoms with E-state index >= 15 is 0 Å². The van der Waals surface area contributed by atoms with Crippen LogP contribution in [0.1, 0.15) is 52.7 Å². The zero-order valence-corrected chi connectivity index (χ0v) is 45.4. The van der Waals surface area contributed by atoms with Crippen LogP contribution in [0.15, 0.2) is 243 Å². The summed E-state index contributed by atoms with van der Waals surface area (Å²) in [6, 6.07) is 90.3. The molecule has 0 saturated heterocycles. The van der Waals surface area contributed by atoms with Gasteiger partial charge in [-0.15, -0.1) is 0 Å². The van der Waals surface area contributed by atoms with E-state index < -0.39 is 0 Å². The molecule has 0 N–H and O–H groups in total. The third-order valence-electron chi connectivity index (χ3n) is 16.9. The van der Waals surface area contributed by atoms with Crippen molar-refractivity contribution in [2.24, 2.45) is 0 Å². The first-order valence-electron chi connectivity index (χ1n) is 27.8. The Morgan fingerprint density at radius 2 is 0.823 bits per heavy atom. The average Bonchev–Trinajstić information content (AvgIpc) is 3.98. The molecule has 1 aromatic heterocycles. The van der Waals surface area contributed by atoms with Gasteiger partial charge in [-0.25, -0.2) is 0 Å². The minimum atomic E-state index is -0.248. The first-order valence-corrected chi connectivity index (χ1v) is 27.8. The van der Waals surface area contributed by atoms with Crippen LogP contribution in [-0.2, 0) is 10.8 Å². The molecule has 0 aliphatic carbocycles. The molecule has 12 aromatic rings. The summed E-state index contributed by atoms with van der Waals surface area (Å²) < 4.78 is 9.68. The Balaban J connectivity index is 1.15. The van der Waals surface area contributed by atoms with Crippen molar-refractivity contribution in [1.29, 1.82) is 0 Å². The van der Waals surface area contributed by atoms with Crippen LogP contribution in [0, 0.1) is 0 Å². The molecule has 0 unspecified atom stereocenters. The van der Waals surface area contributed by atoms with Crippen molar-refractivity contribution >= 4 is 79.0 Å². The molecule has 3 aliphatic heterocycles. The van der Waals surface area contributed by atoms with E-state index in [4.69, 9.17) is 4.74 Å². The van der Waals surface area contributed by atoms with Crippen LogP contribution in [0.25, 0.3) is 72.0 Å². The molecular weight excluding hydrogens is 958 g/mol. The summed E-state index contributed by atoms with van der Waals surface area (Å²) in [4.78, 5) is 5.32. The topological polar surface area (TPSA) is 20.6 Å². The van der Waals surface area contributed by atoms with Crippen LogP contribution >= 0.6 is 0 Å². The quantitative estimate of drug-likeness (QED) is 0.164. The molecule has 15 rings (SSSR count). The van der Waals surface area contributed by atoms with Crippen LogP contribution in [0.3, 0.4) is 0 Å². The Bertz CT molecular complexity index is 4330. The summed E-state index contributed by atoms with van der Waals surface area (Å²) in [7, 11) is 0. The Hall–Kier alpha value is -9.32. The van der Waals surface area contributed by atoms with Gasteiger partial charge in [-0.1, -0.05) is 224 Å². The summed E-state index contributed by atoms with van der Waals surface area (Å²) in [6.45, 7) is 14.0. The van der Waals surface area contributed by atoms with Crippen LogP contribution in [0.4, 0.5) is 34.1 Å². The molecule has 0 atom stereocenters. The van der Waals surface area contributed by atoms with Gasteiger partial charge < -0.3 is 19.1 Å². The minimum absolute atomic E-state index is 0.177. The molecule has 0 radical (unpaired) electrons. The zero-order valence-electron chi connectivity index (χ0n) is 45.4. The van der Waals surface area contributed by atoms with Gasteiger partial charge in [0.1, 0.15) is 11.5 Å². The highest BCUT2D eigenvalue weighted by molar-refractivity contribution is 7.00. The second kappa shape index (κ2) is 17.6. The van der Waals surface area contributed by atoms with Gasteiger partial charge in [0.25, 0.3) is 6.71 Å². The van der Waals surface area contributed by atoms with Gasteiger partial charge in [-0.3, -0.25) is 0 Å². The summed E-state index contributed by atoms with van der Waals surface area (Å²) in [5, 5.41) is 2.48. The number of ether oxygens (including phenoxy) is 1. The summed E-state index contributed by atoms with van der Waals surface area (Å²) in [5.74, 6) is 1.65. The van der Waals surface area contributed by atoms with Gasteiger partial charge in [0.05, 0.1) is 22.4 Å². The Morgan fingerprint density at radius 3 is 1.42 bits per heavy atom. The molecule has 79 heavy (non-hydrogen) atoms. The highest BCUT2D eigenvalue weighted by atomic mass is 16.5. The Labute approximate surface area is 463 Å². The standard InChI is InChI=1S/C74H58BN3O/c1-73(2,3)49-42-59-58-32-17-22-39-69(58)79-68-38-21-16-31-57(68)56-30-15-20-37-64(56)77-66-44-50(74(4,5)6)45-67-70(66)75(61(43-49)72(59)77)60-41-40-51(76-62-35-18-13-28-54(62)55-29-14-19-36-63(55)76)46-65(60)78(67)71-52(47-24-9-7-10-25-47)33-23-34-53(71)48-26-11-8-12-27-48/h7-46H,1-6H3. The van der Waals surface area contributed by atoms with Crippen molar-refractivity contribution in [3.8, 4) is 61.7 Å². The lowest BCUT2D eigenvalue weighted by Crippen LogP contribution is -2.62. The smallest absolute Gasteiger partial charge is 0.252 e. The number of hydrogen-bond acceptors (Lipinski definition) is 3. The van der Waals surface area contributed by atoms with Crippen molar-refractivity contribution in [2.75, 3.05) is 9.80 Å². The van der Waals surface area contributed by atoms with Gasteiger partial charge in [0.2, 0.25) is 0 Å². The summed E-state index contributed by atoms with van der Waals surface area (Å²) in [6.07, 6.45) is 0. The number of hydrogen-bond donors (Lipinski definition) is 0. The maximum atomic E-state index is 7.20. The van der Waals surface area contributed by atoms with E-state index in [1.165, 1.54) is 66.4 Å². The number of rotatable bonds is 4. The maximum Gasteiger partial charge on any atom is 0.252 e. The minimum Gasteiger partial charge on any atom is -0.456 e. The SMILES string of the molecule is CC(C)(C)c1cc2c3c(c1)-c1ccccc1Oc1ccccc1-c1ccccc1N3c1cc(C(C)(C)C)cc3c1B2c1ccc(-n2c4ccccc4c4ccccc42)cc1N3c1c(-c2ccccc2)cccc1-c1ccccc1. The fourth-order valence-electron chi connectivity index (χ4n) is 13.1. The number of aromatic nitrogens is 1. The van der Waals surface area contributed by atoms with E-state index in [0.29, 0.717) is 0 Å². The number of fused-ring (bicyclic) bond motifs is 13. The molecule has 0 fully saturated rings. The molecule has 5 heteroatoms. The second-order valence-electron chi connectivity index (χ2n) is 23.7. The van der Waals surface area contributed by atoms with Crippen LogP contribution < -0.4 is 30.9 Å². The molecule has 4 nitrogen and oxygen atoms in total. The normalized spacial score (nSPS) is 13.2. The molecule has 3 aliphatic rings. The Kier molecular flexibility index (Phi) is 10.5. The van der Waals surface area contributed by atoms with E-state index in [1.807, 2.05) is 0 Å². The monoisotopic (exact) mass is 1020 g/mol. The molecule has 4 heterocycles. The lowest BCUT2D eigenvalue weighted by Gasteiger charge is -2.47. The lowest BCUT2D eigenvalue weighted by atomic mass is 9.33. The van der Waals surface area contributed by atoms with Crippen LogP contribution in [0.5, 0.6) is 11.5 Å². The molecule has 0 spiro atoms. The van der Waals surface area contributed by atoms with Crippen molar-refractivity contribution in [3.63, 3.8) is 0 Å². The van der Waals surface area contributed by atoms with E-state index in [2.05, 4.69) is 299 Å². The lowest BCUT2D eigenvalue weighted by molar-refractivity contribution is 0.486. The summed E-state index contributed by atoms with van der Waals surface area (Å²) >= 11 is 0. The molecule has 0 bridgehead atoms. The van der Waals surface area contributed by atoms with Crippen molar-refractivity contribution in [3.05, 3.63) is 254 Å². The summed E-state index contributed by atoms with van der Waals surface area (Å²) in [5.41, 5.74) is 25.2. The number of anilines is 6. The van der Waals surface area contributed by atoms with Gasteiger partial charge in [0, 0.05) is 72.6 Å². The number of para-hydroxylation sites is 6. The first-order chi connectivity index (χ1) is 38.5. The van der Waals surface area contributed by atoms with E-state index in [0.717, 1.165) is 78.8 Å². The van der Waals surface area contributed by atoms with Gasteiger partial charge >= 0.3 is 0 Å². The average molecular weight is 1020 g/mol. The molecule has 0 saturated carbocycles. The van der Waals surface area contributed by atoms with Crippen molar-refractivity contribution in [2.45, 2.75) is 52.4 Å². The van der Waals surface area contributed by atoms with Gasteiger partial charge in [-0.2, -0.15) is 0 Å². The fraction of sp³-hybridized carbons (Fsp3) is 0.108. The molecule has 11 aromatic carbocycles. The molecular formula is C74H58BN3O. The second-order valence-corrected chi connectivity index (χ2v) is 23.7. The number of benzene rings is 11. The largest absolute Gasteiger partial charge is 0.456 e. The first kappa shape index (κ1) is 46.9. The van der Waals surface area contributed by atoms with Crippen LogP contribution in [-0.4, -0.2) is 11.3 Å². The fourth-order valence-corrected chi connectivity index (χ4v) is 13.1. The predicted molar refractivity (Wildman–Crippen MR) is 334 cm³/mol. The number of nitrogens with zero attached hydrogens (tertiary/aromatic N) is 3. The van der Waals surface area contributed by atoms with E-state index in [9.17, 15) is 0 Å². The van der Waals surface area contributed by atoms with E-state index in [1.54, 1.807) is 0 Å². The third-order valence-corrected chi connectivity index (χ3v) is 16.9. The maximum absolute atomic E-state index is 7.20. The molecule has 378 valence electrons. The molecule has 0 amide bonds. The zero-order chi connectivity index (χ0) is 53.3. The van der Waals surface area contributed by atoms with Crippen molar-refractivity contribution in [1.82, 2.24) is 4.57 Å². The van der Waals surface area contributed by atoms with Crippen molar-refractivity contribution < 1.29 is 4.74 Å². The highest BCUT2D eigenvalue weighted by Gasteiger charge is 2.47. The van der Waals surface area contributed by atoms with Gasteiger partial charge in [-0.05, 0) is 110 Å². The third kappa shape index (κ3) is 7.29. The van der Waals surface area contributed by atoms with Gasteiger partial charge in [0.15, 0.2) is 0 Å². The van der Waals surface area contributed by atoms with Crippen LogP contribution in [0.2, 0.25) is 0 Å². The predicted octanol–water partition coefficient (Wildman–Crippen LogP) is 18.2. The Morgan fingerprint density at radius 1 is 0.342 bits per heavy atom.